The first kappa shape index (κ1) is 23.5. The molecule has 1 aliphatic rings. The van der Waals surface area contributed by atoms with E-state index in [2.05, 4.69) is 15.3 Å². The van der Waals surface area contributed by atoms with Gasteiger partial charge in [-0.2, -0.15) is 5.10 Å². The SMILES string of the molecule is Cc1ccc(NC(=O)c2ccc(=O)n(CCC(=O)N3CCN(c4ccc(Cl)cc4)CC3)n2)cc1. The van der Waals surface area contributed by atoms with Crippen molar-refractivity contribution in [3.63, 3.8) is 0 Å². The van der Waals surface area contributed by atoms with Crippen LogP contribution in [0.4, 0.5) is 11.4 Å². The smallest absolute Gasteiger partial charge is 0.276 e. The summed E-state index contributed by atoms with van der Waals surface area (Å²) < 4.78 is 1.17. The minimum absolute atomic E-state index is 0.0426. The van der Waals surface area contributed by atoms with Gasteiger partial charge in [0.1, 0.15) is 5.69 Å². The Balaban J connectivity index is 1.32. The molecule has 1 N–H and O–H groups in total. The Kier molecular flexibility index (Phi) is 7.27. The van der Waals surface area contributed by atoms with Crippen LogP contribution in [0.2, 0.25) is 5.02 Å². The second-order valence-electron chi connectivity index (χ2n) is 8.19. The molecule has 0 bridgehead atoms. The summed E-state index contributed by atoms with van der Waals surface area (Å²) >= 11 is 5.96. The molecule has 1 aromatic heterocycles. The van der Waals surface area contributed by atoms with Crippen LogP contribution in [0.25, 0.3) is 0 Å². The number of hydrogen-bond donors (Lipinski definition) is 1. The quantitative estimate of drug-likeness (QED) is 0.586. The van der Waals surface area contributed by atoms with Crippen molar-refractivity contribution in [1.29, 1.82) is 0 Å². The number of rotatable bonds is 6. The molecule has 1 aliphatic heterocycles. The molecule has 2 amide bonds. The maximum atomic E-state index is 12.7. The van der Waals surface area contributed by atoms with Crippen molar-refractivity contribution < 1.29 is 9.59 Å². The van der Waals surface area contributed by atoms with Gasteiger partial charge in [-0.05, 0) is 49.4 Å². The summed E-state index contributed by atoms with van der Waals surface area (Å²) in [6, 6.07) is 17.7. The second kappa shape index (κ2) is 10.5. The molecule has 34 heavy (non-hydrogen) atoms. The lowest BCUT2D eigenvalue weighted by atomic mass is 10.2. The third kappa shape index (κ3) is 5.82. The number of amides is 2. The summed E-state index contributed by atoms with van der Waals surface area (Å²) in [4.78, 5) is 41.5. The van der Waals surface area contributed by atoms with Gasteiger partial charge in [0.15, 0.2) is 0 Å². The highest BCUT2D eigenvalue weighted by molar-refractivity contribution is 6.30. The maximum absolute atomic E-state index is 12.7. The molecule has 8 nitrogen and oxygen atoms in total. The Hall–Kier alpha value is -3.65. The zero-order valence-electron chi connectivity index (χ0n) is 18.9. The van der Waals surface area contributed by atoms with Crippen LogP contribution in [0.3, 0.4) is 0 Å². The molecule has 9 heteroatoms. The molecule has 0 atom stereocenters. The summed E-state index contributed by atoms with van der Waals surface area (Å²) in [7, 11) is 0. The maximum Gasteiger partial charge on any atom is 0.276 e. The lowest BCUT2D eigenvalue weighted by Gasteiger charge is -2.36. The molecule has 1 fully saturated rings. The average Bonchev–Trinajstić information content (AvgIpc) is 2.85. The third-order valence-corrected chi connectivity index (χ3v) is 6.02. The van der Waals surface area contributed by atoms with Crippen molar-refractivity contribution in [3.05, 3.63) is 87.3 Å². The first-order valence-corrected chi connectivity index (χ1v) is 11.5. The summed E-state index contributed by atoms with van der Waals surface area (Å²) in [6.07, 6.45) is 0.136. The van der Waals surface area contributed by atoms with E-state index in [0.29, 0.717) is 23.8 Å². The first-order valence-electron chi connectivity index (χ1n) is 11.1. The standard InChI is InChI=1S/C25H26ClN5O3/c1-18-2-6-20(7-3-18)27-25(34)22-10-11-24(33)31(28-22)13-12-23(32)30-16-14-29(15-17-30)21-8-4-19(26)5-9-21/h2-11H,12-17H2,1H3,(H,27,34). The Bertz CT molecular complexity index is 1220. The lowest BCUT2D eigenvalue weighted by molar-refractivity contribution is -0.131. The van der Waals surface area contributed by atoms with Crippen LogP contribution >= 0.6 is 11.6 Å². The van der Waals surface area contributed by atoms with Gasteiger partial charge >= 0.3 is 0 Å². The molecular weight excluding hydrogens is 454 g/mol. The predicted molar refractivity (Wildman–Crippen MR) is 132 cm³/mol. The summed E-state index contributed by atoms with van der Waals surface area (Å²) in [5.41, 5.74) is 2.56. The third-order valence-electron chi connectivity index (χ3n) is 5.77. The van der Waals surface area contributed by atoms with Crippen LogP contribution in [-0.2, 0) is 11.3 Å². The molecule has 1 saturated heterocycles. The zero-order valence-corrected chi connectivity index (χ0v) is 19.7. The number of anilines is 2. The highest BCUT2D eigenvalue weighted by atomic mass is 35.5. The molecule has 0 saturated carbocycles. The number of piperazine rings is 1. The highest BCUT2D eigenvalue weighted by Crippen LogP contribution is 2.19. The van der Waals surface area contributed by atoms with E-state index < -0.39 is 5.91 Å². The normalized spacial score (nSPS) is 13.6. The summed E-state index contributed by atoms with van der Waals surface area (Å²) in [5, 5.41) is 7.62. The predicted octanol–water partition coefficient (Wildman–Crippen LogP) is 3.20. The van der Waals surface area contributed by atoms with Crippen LogP contribution in [-0.4, -0.2) is 52.7 Å². The van der Waals surface area contributed by atoms with Crippen LogP contribution in [0.15, 0.2) is 65.5 Å². The van der Waals surface area contributed by atoms with Crippen molar-refractivity contribution in [2.75, 3.05) is 36.4 Å². The summed E-state index contributed by atoms with van der Waals surface area (Å²) in [5.74, 6) is -0.457. The van der Waals surface area contributed by atoms with Crippen molar-refractivity contribution in [2.45, 2.75) is 19.9 Å². The summed E-state index contributed by atoms with van der Waals surface area (Å²) in [6.45, 7) is 4.72. The molecule has 3 aromatic rings. The fourth-order valence-corrected chi connectivity index (χ4v) is 3.91. The number of nitrogens with zero attached hydrogens (tertiary/aromatic N) is 4. The van der Waals surface area contributed by atoms with Crippen LogP contribution in [0, 0.1) is 6.92 Å². The van der Waals surface area contributed by atoms with Gasteiger partial charge in [0, 0.05) is 55.1 Å². The van der Waals surface area contributed by atoms with Gasteiger partial charge in [0.25, 0.3) is 11.5 Å². The minimum Gasteiger partial charge on any atom is -0.368 e. The number of hydrogen-bond acceptors (Lipinski definition) is 5. The monoisotopic (exact) mass is 479 g/mol. The minimum atomic E-state index is -0.415. The van der Waals surface area contributed by atoms with E-state index in [1.807, 2.05) is 43.3 Å². The van der Waals surface area contributed by atoms with E-state index in [-0.39, 0.29) is 30.1 Å². The molecule has 4 rings (SSSR count). The number of halogens is 1. The molecule has 176 valence electrons. The van der Waals surface area contributed by atoms with Gasteiger partial charge in [0.2, 0.25) is 5.91 Å². The van der Waals surface area contributed by atoms with Crippen molar-refractivity contribution in [1.82, 2.24) is 14.7 Å². The Morgan fingerprint density at radius 3 is 2.29 bits per heavy atom. The van der Waals surface area contributed by atoms with Crippen molar-refractivity contribution in [3.8, 4) is 0 Å². The van der Waals surface area contributed by atoms with E-state index in [0.717, 1.165) is 24.3 Å². The number of aromatic nitrogens is 2. The van der Waals surface area contributed by atoms with E-state index >= 15 is 0 Å². The number of benzene rings is 2. The number of aryl methyl sites for hydroxylation is 2. The molecule has 2 aromatic carbocycles. The van der Waals surface area contributed by atoms with E-state index in [1.54, 1.807) is 17.0 Å². The molecular formula is C25H26ClN5O3. The van der Waals surface area contributed by atoms with Gasteiger partial charge in [-0.3, -0.25) is 14.4 Å². The number of carbonyl (C=O) groups is 2. The largest absolute Gasteiger partial charge is 0.368 e. The average molecular weight is 480 g/mol. The topological polar surface area (TPSA) is 87.5 Å². The van der Waals surface area contributed by atoms with Gasteiger partial charge < -0.3 is 15.1 Å². The van der Waals surface area contributed by atoms with Crippen LogP contribution in [0.1, 0.15) is 22.5 Å². The molecule has 0 spiro atoms. The van der Waals surface area contributed by atoms with E-state index in [1.165, 1.54) is 16.8 Å². The van der Waals surface area contributed by atoms with Crippen molar-refractivity contribution in [2.24, 2.45) is 0 Å². The highest BCUT2D eigenvalue weighted by Gasteiger charge is 2.21. The number of carbonyl (C=O) groups excluding carboxylic acids is 2. The van der Waals surface area contributed by atoms with Gasteiger partial charge in [-0.25, -0.2) is 4.68 Å². The van der Waals surface area contributed by atoms with Gasteiger partial charge in [0.05, 0.1) is 6.54 Å². The molecule has 0 unspecified atom stereocenters. The van der Waals surface area contributed by atoms with Crippen molar-refractivity contribution >= 4 is 34.8 Å². The second-order valence-corrected chi connectivity index (χ2v) is 8.63. The molecule has 0 aliphatic carbocycles. The lowest BCUT2D eigenvalue weighted by Crippen LogP contribution is -2.49. The van der Waals surface area contributed by atoms with Gasteiger partial charge in [-0.1, -0.05) is 29.3 Å². The Morgan fingerprint density at radius 1 is 0.941 bits per heavy atom. The molecule has 0 radical (unpaired) electrons. The van der Waals surface area contributed by atoms with Crippen LogP contribution in [0.5, 0.6) is 0 Å². The molecule has 2 heterocycles. The zero-order chi connectivity index (χ0) is 24.1. The Morgan fingerprint density at radius 2 is 1.62 bits per heavy atom. The van der Waals surface area contributed by atoms with E-state index in [9.17, 15) is 14.4 Å². The fraction of sp³-hybridized carbons (Fsp3) is 0.280. The van der Waals surface area contributed by atoms with Crippen LogP contribution < -0.4 is 15.8 Å². The van der Waals surface area contributed by atoms with E-state index in [4.69, 9.17) is 11.6 Å². The fourth-order valence-electron chi connectivity index (χ4n) is 3.79. The number of nitrogens with one attached hydrogen (secondary N) is 1. The first-order chi connectivity index (χ1) is 16.4. The Labute approximate surface area is 202 Å². The van der Waals surface area contributed by atoms with Gasteiger partial charge in [-0.15, -0.1) is 0 Å².